The van der Waals surface area contributed by atoms with Gasteiger partial charge in [-0.3, -0.25) is 4.79 Å². The first-order valence-corrected chi connectivity index (χ1v) is 9.46. The third-order valence-electron chi connectivity index (χ3n) is 5.31. The zero-order valence-corrected chi connectivity index (χ0v) is 16.5. The highest BCUT2D eigenvalue weighted by molar-refractivity contribution is 6.07. The monoisotopic (exact) mass is 382 g/mol. The van der Waals surface area contributed by atoms with Gasteiger partial charge in [-0.1, -0.05) is 6.07 Å². The molecule has 0 saturated carbocycles. The number of hydrogen-bond donors (Lipinski definition) is 3. The molecule has 0 unspecified atom stereocenters. The maximum absolute atomic E-state index is 13.0. The summed E-state index contributed by atoms with van der Waals surface area (Å²) in [5, 5.41) is 21.8. The lowest BCUT2D eigenvalue weighted by atomic mass is 10.0. The van der Waals surface area contributed by atoms with Crippen LogP contribution >= 0.6 is 0 Å². The zero-order chi connectivity index (χ0) is 20.4. The topological polar surface area (TPSA) is 89.9 Å². The molecule has 2 aromatic rings. The fourth-order valence-electron chi connectivity index (χ4n) is 3.64. The number of carboxylic acid groups (broad SMARTS) is 1. The number of hydrogen-bond acceptors (Lipinski definition) is 4. The van der Waals surface area contributed by atoms with E-state index < -0.39 is 5.97 Å². The van der Waals surface area contributed by atoms with Crippen molar-refractivity contribution in [3.8, 4) is 0 Å². The Hall–Kier alpha value is -2.86. The van der Waals surface area contributed by atoms with E-state index in [2.05, 4.69) is 10.2 Å². The number of aliphatic hydroxyl groups is 1. The molecule has 0 aliphatic carbocycles. The van der Waals surface area contributed by atoms with Gasteiger partial charge in [-0.15, -0.1) is 0 Å². The van der Waals surface area contributed by atoms with E-state index in [1.807, 2.05) is 25.1 Å². The number of piperidine rings is 1. The van der Waals surface area contributed by atoms with Crippen molar-refractivity contribution >= 4 is 23.3 Å². The van der Waals surface area contributed by atoms with Crippen LogP contribution in [0.5, 0.6) is 0 Å². The number of benzene rings is 2. The molecule has 0 radical (unpaired) electrons. The van der Waals surface area contributed by atoms with E-state index in [0.29, 0.717) is 22.4 Å². The van der Waals surface area contributed by atoms with E-state index in [-0.39, 0.29) is 17.6 Å². The highest BCUT2D eigenvalue weighted by atomic mass is 16.4. The summed E-state index contributed by atoms with van der Waals surface area (Å²) in [6.07, 6.45) is 1.21. The molecule has 1 aliphatic rings. The highest BCUT2D eigenvalue weighted by Gasteiger charge is 2.20. The van der Waals surface area contributed by atoms with Gasteiger partial charge in [0.1, 0.15) is 0 Å². The number of aromatic carboxylic acids is 1. The molecule has 0 aromatic heterocycles. The van der Waals surface area contributed by atoms with E-state index in [1.165, 1.54) is 0 Å². The second-order valence-electron chi connectivity index (χ2n) is 7.46. The first-order chi connectivity index (χ1) is 13.3. The third-order valence-corrected chi connectivity index (χ3v) is 5.31. The lowest BCUT2D eigenvalue weighted by Gasteiger charge is -2.31. The summed E-state index contributed by atoms with van der Waals surface area (Å²) in [7, 11) is 0. The lowest BCUT2D eigenvalue weighted by Crippen LogP contribution is -2.35. The van der Waals surface area contributed by atoms with Crippen molar-refractivity contribution < 1.29 is 19.8 Å². The predicted octanol–water partition coefficient (Wildman–Crippen LogP) is 3.52. The van der Waals surface area contributed by atoms with Gasteiger partial charge in [-0.2, -0.15) is 0 Å². The molecule has 1 heterocycles. The highest BCUT2D eigenvalue weighted by Crippen LogP contribution is 2.26. The summed E-state index contributed by atoms with van der Waals surface area (Å²) in [6.45, 7) is 7.00. The van der Waals surface area contributed by atoms with Gasteiger partial charge in [0.25, 0.3) is 5.91 Å². The van der Waals surface area contributed by atoms with E-state index in [9.17, 15) is 19.8 Å². The molecule has 0 spiro atoms. The van der Waals surface area contributed by atoms with Crippen molar-refractivity contribution in [2.75, 3.05) is 23.3 Å². The van der Waals surface area contributed by atoms with E-state index in [0.717, 1.165) is 37.2 Å². The zero-order valence-electron chi connectivity index (χ0n) is 16.5. The Labute approximate surface area is 164 Å². The van der Waals surface area contributed by atoms with Crippen molar-refractivity contribution in [3.05, 3.63) is 58.1 Å². The number of carboxylic acids is 1. The Morgan fingerprint density at radius 3 is 2.18 bits per heavy atom. The van der Waals surface area contributed by atoms with Gasteiger partial charge < -0.3 is 20.4 Å². The van der Waals surface area contributed by atoms with Crippen LogP contribution in [0.15, 0.2) is 30.3 Å². The Balaban J connectivity index is 1.85. The van der Waals surface area contributed by atoms with Gasteiger partial charge in [0.05, 0.1) is 11.7 Å². The number of nitrogens with zero attached hydrogens (tertiary/aromatic N) is 1. The van der Waals surface area contributed by atoms with Crippen LogP contribution in [0.1, 0.15) is 50.2 Å². The van der Waals surface area contributed by atoms with Crippen molar-refractivity contribution in [2.24, 2.45) is 0 Å². The lowest BCUT2D eigenvalue weighted by molar-refractivity contribution is 0.0696. The van der Waals surface area contributed by atoms with Gasteiger partial charge in [-0.25, -0.2) is 4.79 Å². The Morgan fingerprint density at radius 1 is 1.00 bits per heavy atom. The minimum atomic E-state index is -0.987. The first-order valence-electron chi connectivity index (χ1n) is 9.46. The average molecular weight is 382 g/mol. The van der Waals surface area contributed by atoms with Gasteiger partial charge in [-0.05, 0) is 74.6 Å². The van der Waals surface area contributed by atoms with Crippen molar-refractivity contribution in [1.29, 1.82) is 0 Å². The van der Waals surface area contributed by atoms with Crippen LogP contribution in [0, 0.1) is 20.8 Å². The molecule has 3 N–H and O–H groups in total. The summed E-state index contributed by atoms with van der Waals surface area (Å²) >= 11 is 0. The second kappa shape index (κ2) is 8.02. The number of carbonyl (C=O) groups is 2. The molecule has 6 nitrogen and oxygen atoms in total. The number of rotatable bonds is 4. The van der Waals surface area contributed by atoms with E-state index in [1.54, 1.807) is 26.0 Å². The minimum Gasteiger partial charge on any atom is -0.478 e. The fourth-order valence-corrected chi connectivity index (χ4v) is 3.64. The Kier molecular flexibility index (Phi) is 5.70. The molecule has 0 atom stereocenters. The summed E-state index contributed by atoms with van der Waals surface area (Å²) in [6, 6.07) is 8.95. The van der Waals surface area contributed by atoms with E-state index in [4.69, 9.17) is 0 Å². The molecule has 1 amide bonds. The van der Waals surface area contributed by atoms with Crippen LogP contribution in [0.4, 0.5) is 11.4 Å². The first kappa shape index (κ1) is 19.9. The number of anilines is 2. The van der Waals surface area contributed by atoms with Crippen LogP contribution in [0.2, 0.25) is 0 Å². The minimum absolute atomic E-state index is 0.207. The Morgan fingerprint density at radius 2 is 1.61 bits per heavy atom. The maximum atomic E-state index is 13.0. The van der Waals surface area contributed by atoms with Crippen LogP contribution in [0.25, 0.3) is 0 Å². The molecule has 28 heavy (non-hydrogen) atoms. The molecule has 2 aromatic carbocycles. The summed E-state index contributed by atoms with van der Waals surface area (Å²) in [4.78, 5) is 26.3. The SMILES string of the molecule is Cc1ccc(N2CCC(O)CC2)cc1C(=O)Nc1c(C)cc(C(=O)O)cc1C. The number of aryl methyl sites for hydroxylation is 3. The molecule has 0 bridgehead atoms. The molecule has 148 valence electrons. The molecule has 3 rings (SSSR count). The average Bonchev–Trinajstić information content (AvgIpc) is 2.65. The van der Waals surface area contributed by atoms with Gasteiger partial charge in [0, 0.05) is 30.0 Å². The summed E-state index contributed by atoms with van der Waals surface area (Å²) in [5.74, 6) is -1.20. The van der Waals surface area contributed by atoms with Crippen LogP contribution in [0.3, 0.4) is 0 Å². The quantitative estimate of drug-likeness (QED) is 0.753. The number of aliphatic hydroxyl groups excluding tert-OH is 1. The van der Waals surface area contributed by atoms with Crippen molar-refractivity contribution in [3.63, 3.8) is 0 Å². The maximum Gasteiger partial charge on any atom is 0.335 e. The van der Waals surface area contributed by atoms with E-state index >= 15 is 0 Å². The standard InChI is InChI=1S/C22H26N2O4/c1-13-4-5-17(24-8-6-18(25)7-9-24)12-19(13)21(26)23-20-14(2)10-16(22(27)28)11-15(20)3/h4-5,10-12,18,25H,6-9H2,1-3H3,(H,23,26)(H,27,28). The van der Waals surface area contributed by atoms with Crippen LogP contribution in [-0.2, 0) is 0 Å². The van der Waals surface area contributed by atoms with Crippen molar-refractivity contribution in [1.82, 2.24) is 0 Å². The predicted molar refractivity (Wildman–Crippen MR) is 109 cm³/mol. The third kappa shape index (κ3) is 4.17. The summed E-state index contributed by atoms with van der Waals surface area (Å²) < 4.78 is 0. The van der Waals surface area contributed by atoms with Crippen molar-refractivity contribution in [2.45, 2.75) is 39.7 Å². The molecular weight excluding hydrogens is 356 g/mol. The molecular formula is C22H26N2O4. The molecule has 1 aliphatic heterocycles. The normalized spacial score (nSPS) is 14.8. The largest absolute Gasteiger partial charge is 0.478 e. The second-order valence-corrected chi connectivity index (χ2v) is 7.46. The number of amides is 1. The van der Waals surface area contributed by atoms with Gasteiger partial charge >= 0.3 is 5.97 Å². The Bertz CT molecular complexity index is 892. The summed E-state index contributed by atoms with van der Waals surface area (Å²) in [5.41, 5.74) is 4.70. The molecule has 1 fully saturated rings. The van der Waals surface area contributed by atoms with Gasteiger partial charge in [0.2, 0.25) is 0 Å². The van der Waals surface area contributed by atoms with Crippen LogP contribution < -0.4 is 10.2 Å². The number of carbonyl (C=O) groups excluding carboxylic acids is 1. The molecule has 1 saturated heterocycles. The smallest absolute Gasteiger partial charge is 0.335 e. The fraction of sp³-hybridized carbons (Fsp3) is 0.364. The molecule has 6 heteroatoms. The van der Waals surface area contributed by atoms with Crippen LogP contribution in [-0.4, -0.2) is 41.3 Å². The number of nitrogens with one attached hydrogen (secondary N) is 1. The van der Waals surface area contributed by atoms with Gasteiger partial charge in [0.15, 0.2) is 0 Å².